The van der Waals surface area contributed by atoms with Crippen molar-refractivity contribution >= 4 is 22.5 Å². The molecule has 1 aromatic carbocycles. The fourth-order valence-corrected chi connectivity index (χ4v) is 2.62. The van der Waals surface area contributed by atoms with E-state index in [2.05, 4.69) is 26.8 Å². The average molecular weight is 292 g/mol. The van der Waals surface area contributed by atoms with E-state index in [0.717, 1.165) is 47.4 Å². The number of alkyl halides is 1. The molecule has 0 radical (unpaired) electrons. The van der Waals surface area contributed by atoms with Gasteiger partial charge in [-0.3, -0.25) is 4.98 Å². The third kappa shape index (κ3) is 3.06. The number of pyridine rings is 1. The molecular weight excluding hydrogens is 270 g/mol. The van der Waals surface area contributed by atoms with Crippen LogP contribution in [0.1, 0.15) is 50.8 Å². The Labute approximate surface area is 126 Å². The zero-order valence-electron chi connectivity index (χ0n) is 12.4. The van der Waals surface area contributed by atoms with Gasteiger partial charge in [0.1, 0.15) is 5.75 Å². The Morgan fingerprint density at radius 2 is 2.00 bits per heavy atom. The van der Waals surface area contributed by atoms with Crippen LogP contribution in [0, 0.1) is 0 Å². The molecule has 0 atom stereocenters. The third-order valence-corrected chi connectivity index (χ3v) is 3.66. The highest BCUT2D eigenvalue weighted by atomic mass is 35.5. The number of hydrogen-bond donors (Lipinski definition) is 0. The van der Waals surface area contributed by atoms with Crippen molar-refractivity contribution in [1.82, 2.24) is 4.98 Å². The van der Waals surface area contributed by atoms with Crippen molar-refractivity contribution in [2.75, 3.05) is 6.61 Å². The van der Waals surface area contributed by atoms with E-state index in [1.165, 1.54) is 0 Å². The summed E-state index contributed by atoms with van der Waals surface area (Å²) in [5, 5.41) is 1.08. The largest absolute Gasteiger partial charge is 0.493 e. The maximum Gasteiger partial charge on any atom is 0.133 e. The molecule has 108 valence electrons. The summed E-state index contributed by atoms with van der Waals surface area (Å²) in [7, 11) is 0. The maximum atomic E-state index is 6.10. The van der Waals surface area contributed by atoms with Crippen molar-refractivity contribution in [2.45, 2.75) is 45.4 Å². The summed E-state index contributed by atoms with van der Waals surface area (Å²) in [6.45, 7) is 7.23. The van der Waals surface area contributed by atoms with Gasteiger partial charge in [0.15, 0.2) is 0 Å². The molecular formula is C17H22ClNO. The van der Waals surface area contributed by atoms with Crippen LogP contribution in [-0.4, -0.2) is 11.6 Å². The van der Waals surface area contributed by atoms with Crippen LogP contribution in [0.15, 0.2) is 24.3 Å². The lowest BCUT2D eigenvalue weighted by Gasteiger charge is -2.19. The second-order valence-corrected chi connectivity index (χ2v) is 5.58. The number of ether oxygens (including phenoxy) is 1. The van der Waals surface area contributed by atoms with Crippen LogP contribution in [0.5, 0.6) is 5.75 Å². The van der Waals surface area contributed by atoms with Gasteiger partial charge in [-0.1, -0.05) is 39.3 Å². The maximum absolute atomic E-state index is 6.10. The number of fused-ring (bicyclic) bond motifs is 1. The second kappa shape index (κ2) is 6.94. The number of benzene rings is 1. The molecule has 0 N–H and O–H groups in total. The Hall–Kier alpha value is -1.28. The van der Waals surface area contributed by atoms with Crippen molar-refractivity contribution < 1.29 is 4.74 Å². The topological polar surface area (TPSA) is 22.1 Å². The molecule has 2 aromatic rings. The Morgan fingerprint density at radius 1 is 1.25 bits per heavy atom. The van der Waals surface area contributed by atoms with Gasteiger partial charge in [-0.25, -0.2) is 0 Å². The number of rotatable bonds is 6. The average Bonchev–Trinajstić information content (AvgIpc) is 2.46. The van der Waals surface area contributed by atoms with Crippen LogP contribution in [0.2, 0.25) is 0 Å². The number of aromatic nitrogens is 1. The van der Waals surface area contributed by atoms with Gasteiger partial charge in [0, 0.05) is 10.9 Å². The van der Waals surface area contributed by atoms with Gasteiger partial charge in [-0.05, 0) is 24.5 Å². The highest BCUT2D eigenvalue weighted by Gasteiger charge is 2.18. The van der Waals surface area contributed by atoms with E-state index in [1.807, 2.05) is 18.2 Å². The number of nitrogens with zero attached hydrogens (tertiary/aromatic N) is 1. The first-order valence-electron chi connectivity index (χ1n) is 7.29. The van der Waals surface area contributed by atoms with Crippen molar-refractivity contribution in [3.63, 3.8) is 0 Å². The molecule has 0 unspecified atom stereocenters. The van der Waals surface area contributed by atoms with Gasteiger partial charge in [-0.15, -0.1) is 11.6 Å². The Kier molecular flexibility index (Phi) is 5.24. The first-order chi connectivity index (χ1) is 9.69. The van der Waals surface area contributed by atoms with Gasteiger partial charge in [-0.2, -0.15) is 0 Å². The predicted molar refractivity (Wildman–Crippen MR) is 85.8 cm³/mol. The molecule has 3 heteroatoms. The van der Waals surface area contributed by atoms with Crippen LogP contribution in [0.25, 0.3) is 10.9 Å². The molecule has 0 bridgehead atoms. The molecule has 1 aromatic heterocycles. The monoisotopic (exact) mass is 291 g/mol. The Bertz CT molecular complexity index is 580. The smallest absolute Gasteiger partial charge is 0.133 e. The number of halogens is 1. The van der Waals surface area contributed by atoms with E-state index in [9.17, 15) is 0 Å². The summed E-state index contributed by atoms with van der Waals surface area (Å²) in [4.78, 5) is 4.69. The summed E-state index contributed by atoms with van der Waals surface area (Å²) in [6.07, 6.45) is 2.19. The van der Waals surface area contributed by atoms with E-state index in [-0.39, 0.29) is 0 Å². The standard InChI is InChI=1S/C17H22ClNO/c1-4-5-10-20-17-13-8-6-7-9-14(13)19-15(11-18)16(17)12(2)3/h6-9,12H,4-5,10-11H2,1-3H3. The van der Waals surface area contributed by atoms with Gasteiger partial charge in [0.05, 0.1) is 23.7 Å². The van der Waals surface area contributed by atoms with Crippen molar-refractivity contribution in [2.24, 2.45) is 0 Å². The normalized spacial score (nSPS) is 11.2. The van der Waals surface area contributed by atoms with Crippen LogP contribution in [0.3, 0.4) is 0 Å². The summed E-state index contributed by atoms with van der Waals surface area (Å²) < 4.78 is 6.10. The number of para-hydroxylation sites is 1. The molecule has 0 amide bonds. The summed E-state index contributed by atoms with van der Waals surface area (Å²) in [6, 6.07) is 8.12. The molecule has 2 rings (SSSR count). The van der Waals surface area contributed by atoms with E-state index < -0.39 is 0 Å². The zero-order valence-corrected chi connectivity index (χ0v) is 13.2. The SMILES string of the molecule is CCCCOc1c(C(C)C)c(CCl)nc2ccccc12. The van der Waals surface area contributed by atoms with E-state index in [1.54, 1.807) is 0 Å². The molecule has 0 aliphatic rings. The van der Waals surface area contributed by atoms with Crippen LogP contribution < -0.4 is 4.74 Å². The van der Waals surface area contributed by atoms with Crippen molar-refractivity contribution in [3.05, 3.63) is 35.5 Å². The van der Waals surface area contributed by atoms with Crippen LogP contribution in [-0.2, 0) is 5.88 Å². The molecule has 0 fully saturated rings. The van der Waals surface area contributed by atoms with Crippen molar-refractivity contribution in [3.8, 4) is 5.75 Å². The number of unbranched alkanes of at least 4 members (excludes halogenated alkanes) is 1. The summed E-state index contributed by atoms with van der Waals surface area (Å²) in [5.74, 6) is 1.73. The third-order valence-electron chi connectivity index (χ3n) is 3.41. The van der Waals surface area contributed by atoms with Gasteiger partial charge in [0.25, 0.3) is 0 Å². The van der Waals surface area contributed by atoms with Gasteiger partial charge in [0.2, 0.25) is 0 Å². The van der Waals surface area contributed by atoms with Gasteiger partial charge >= 0.3 is 0 Å². The van der Waals surface area contributed by atoms with Gasteiger partial charge < -0.3 is 4.74 Å². The molecule has 1 heterocycles. The van der Waals surface area contributed by atoms with Crippen LogP contribution in [0.4, 0.5) is 0 Å². The zero-order chi connectivity index (χ0) is 14.5. The number of hydrogen-bond acceptors (Lipinski definition) is 2. The summed E-state index contributed by atoms with van der Waals surface area (Å²) >= 11 is 6.09. The minimum absolute atomic E-state index is 0.345. The fraction of sp³-hybridized carbons (Fsp3) is 0.471. The highest BCUT2D eigenvalue weighted by molar-refractivity contribution is 6.17. The lowest BCUT2D eigenvalue weighted by atomic mass is 9.98. The first kappa shape index (κ1) is 15.1. The van der Waals surface area contributed by atoms with E-state index in [4.69, 9.17) is 21.3 Å². The molecule has 0 saturated heterocycles. The molecule has 0 spiro atoms. The van der Waals surface area contributed by atoms with Crippen molar-refractivity contribution in [1.29, 1.82) is 0 Å². The first-order valence-corrected chi connectivity index (χ1v) is 7.82. The Balaban J connectivity index is 2.59. The van der Waals surface area contributed by atoms with Crippen LogP contribution >= 0.6 is 11.6 Å². The molecule has 0 aliphatic carbocycles. The lowest BCUT2D eigenvalue weighted by molar-refractivity contribution is 0.308. The molecule has 2 nitrogen and oxygen atoms in total. The minimum Gasteiger partial charge on any atom is -0.493 e. The van der Waals surface area contributed by atoms with E-state index in [0.29, 0.717) is 11.8 Å². The van der Waals surface area contributed by atoms with E-state index >= 15 is 0 Å². The molecule has 20 heavy (non-hydrogen) atoms. The highest BCUT2D eigenvalue weighted by Crippen LogP contribution is 2.36. The molecule has 0 saturated carbocycles. The minimum atomic E-state index is 0.345. The quantitative estimate of drug-likeness (QED) is 0.534. The fourth-order valence-electron chi connectivity index (χ4n) is 2.42. The summed E-state index contributed by atoms with van der Waals surface area (Å²) in [5.41, 5.74) is 3.04. The predicted octanol–water partition coefficient (Wildman–Crippen LogP) is 5.28. The lowest BCUT2D eigenvalue weighted by Crippen LogP contribution is -2.06. The second-order valence-electron chi connectivity index (χ2n) is 5.31. The molecule has 0 aliphatic heterocycles. The Morgan fingerprint density at radius 3 is 2.65 bits per heavy atom.